The molecule has 0 saturated heterocycles. The van der Waals surface area contributed by atoms with Crippen molar-refractivity contribution in [1.29, 1.82) is 0 Å². The number of aryl methyl sites for hydroxylation is 1. The van der Waals surface area contributed by atoms with Gasteiger partial charge in [-0.05, 0) is 44.0 Å². The van der Waals surface area contributed by atoms with Crippen molar-refractivity contribution in [1.82, 2.24) is 15.5 Å². The largest absolute Gasteiger partial charge is 0.314 e. The summed E-state index contributed by atoms with van der Waals surface area (Å²) in [5.74, 6) is 0. The number of rotatable bonds is 6. The molecule has 0 aliphatic heterocycles. The van der Waals surface area contributed by atoms with E-state index in [1.807, 2.05) is 18.2 Å². The molecule has 0 spiro atoms. The molecule has 0 atom stereocenters. The molecular weight excluding hydrogens is 358 g/mol. The highest BCUT2D eigenvalue weighted by Crippen LogP contribution is 2.32. The lowest BCUT2D eigenvalue weighted by molar-refractivity contribution is 0.643. The van der Waals surface area contributed by atoms with Gasteiger partial charge in [0.25, 0.3) is 0 Å². The third-order valence-corrected chi connectivity index (χ3v) is 5.03. The van der Waals surface area contributed by atoms with Crippen LogP contribution >= 0.6 is 38.9 Å². The van der Waals surface area contributed by atoms with Gasteiger partial charge in [-0.2, -0.15) is 0 Å². The Balaban J connectivity index is 1.60. The first kappa shape index (κ1) is 14.4. The molecule has 1 saturated carbocycles. The molecular formula is C14H15BrClN3S. The number of halogens is 2. The van der Waals surface area contributed by atoms with E-state index < -0.39 is 0 Å². The summed E-state index contributed by atoms with van der Waals surface area (Å²) in [5, 5.41) is 14.7. The molecule has 0 amide bonds. The number of nitrogens with one attached hydrogen (secondary N) is 1. The summed E-state index contributed by atoms with van der Waals surface area (Å²) in [6.45, 7) is 1.07. The number of hydrogen-bond acceptors (Lipinski definition) is 4. The monoisotopic (exact) mass is 371 g/mol. The molecule has 1 aliphatic carbocycles. The quantitative estimate of drug-likeness (QED) is 0.768. The maximum Gasteiger partial charge on any atom is 0.149 e. The second kappa shape index (κ2) is 6.52. The number of benzene rings is 1. The van der Waals surface area contributed by atoms with Crippen LogP contribution in [0, 0.1) is 0 Å². The minimum absolute atomic E-state index is 0.706. The molecule has 6 heteroatoms. The average Bonchev–Trinajstić information content (AvgIpc) is 3.13. The minimum atomic E-state index is 0.706. The van der Waals surface area contributed by atoms with E-state index in [-0.39, 0.29) is 0 Å². The Labute approximate surface area is 135 Å². The number of aromatic nitrogens is 2. The van der Waals surface area contributed by atoms with Gasteiger partial charge in [0, 0.05) is 22.5 Å². The van der Waals surface area contributed by atoms with Crippen LogP contribution in [0.1, 0.15) is 24.3 Å². The van der Waals surface area contributed by atoms with Gasteiger partial charge in [-0.25, -0.2) is 0 Å². The molecule has 3 rings (SSSR count). The Hall–Kier alpha value is -0.490. The summed E-state index contributed by atoms with van der Waals surface area (Å²) >= 11 is 11.3. The normalized spacial score (nSPS) is 14.7. The molecule has 20 heavy (non-hydrogen) atoms. The maximum atomic E-state index is 6.24. The molecule has 3 nitrogen and oxygen atoms in total. The van der Waals surface area contributed by atoms with E-state index >= 15 is 0 Å². The predicted molar refractivity (Wildman–Crippen MR) is 87.4 cm³/mol. The molecule has 106 valence electrons. The second-order valence-electron chi connectivity index (χ2n) is 4.96. The molecule has 0 radical (unpaired) electrons. The van der Waals surface area contributed by atoms with Gasteiger partial charge in [0.15, 0.2) is 0 Å². The van der Waals surface area contributed by atoms with E-state index in [0.717, 1.165) is 45.5 Å². The summed E-state index contributed by atoms with van der Waals surface area (Å²) in [6.07, 6.45) is 4.76. The highest BCUT2D eigenvalue weighted by Gasteiger charge is 2.19. The molecule has 1 aliphatic rings. The number of nitrogens with zero attached hydrogens (tertiary/aromatic N) is 2. The Bertz CT molecular complexity index is 598. The highest BCUT2D eigenvalue weighted by molar-refractivity contribution is 9.10. The smallest absolute Gasteiger partial charge is 0.149 e. The molecule has 1 aromatic heterocycles. The Morgan fingerprint density at radius 2 is 2.20 bits per heavy atom. The summed E-state index contributed by atoms with van der Waals surface area (Å²) in [5.41, 5.74) is 0.953. The summed E-state index contributed by atoms with van der Waals surface area (Å²) in [4.78, 5) is 0. The third kappa shape index (κ3) is 3.79. The zero-order valence-electron chi connectivity index (χ0n) is 10.9. The first-order valence-electron chi connectivity index (χ1n) is 6.73. The van der Waals surface area contributed by atoms with Gasteiger partial charge in [0.05, 0.1) is 5.02 Å². The lowest BCUT2D eigenvalue weighted by Crippen LogP contribution is -2.17. The fraction of sp³-hybridized carbons (Fsp3) is 0.429. The summed E-state index contributed by atoms with van der Waals surface area (Å²) < 4.78 is 0.974. The van der Waals surface area contributed by atoms with Crippen LogP contribution in [0.5, 0.6) is 0 Å². The van der Waals surface area contributed by atoms with Gasteiger partial charge in [0.1, 0.15) is 10.0 Å². The first-order chi connectivity index (χ1) is 9.72. The minimum Gasteiger partial charge on any atom is -0.314 e. The van der Waals surface area contributed by atoms with Crippen molar-refractivity contribution in [2.24, 2.45) is 0 Å². The fourth-order valence-electron chi connectivity index (χ4n) is 1.96. The van der Waals surface area contributed by atoms with E-state index in [1.54, 1.807) is 11.3 Å². The van der Waals surface area contributed by atoms with Crippen molar-refractivity contribution in [2.75, 3.05) is 6.54 Å². The predicted octanol–water partition coefficient (Wildman–Crippen LogP) is 4.31. The van der Waals surface area contributed by atoms with Crippen LogP contribution in [0.25, 0.3) is 10.6 Å². The van der Waals surface area contributed by atoms with Gasteiger partial charge < -0.3 is 5.32 Å². The van der Waals surface area contributed by atoms with Gasteiger partial charge in [0.2, 0.25) is 0 Å². The standard InChI is InChI=1S/C14H15BrClN3S/c15-9-3-6-11(12(16)8-9)14-19-18-13(20-14)2-1-7-17-10-4-5-10/h3,6,8,10,17H,1-2,4-5,7H2. The van der Waals surface area contributed by atoms with Crippen LogP contribution in [0.15, 0.2) is 22.7 Å². The second-order valence-corrected chi connectivity index (χ2v) is 7.34. The van der Waals surface area contributed by atoms with Crippen LogP contribution in [-0.2, 0) is 6.42 Å². The molecule has 2 aromatic rings. The van der Waals surface area contributed by atoms with Crippen LogP contribution in [-0.4, -0.2) is 22.8 Å². The fourth-order valence-corrected chi connectivity index (χ4v) is 3.70. The summed E-state index contributed by atoms with van der Waals surface area (Å²) in [7, 11) is 0. The molecule has 1 N–H and O–H groups in total. The molecule has 1 aromatic carbocycles. The Kier molecular flexibility index (Phi) is 4.71. The van der Waals surface area contributed by atoms with Crippen molar-refractivity contribution >= 4 is 38.9 Å². The van der Waals surface area contributed by atoms with Gasteiger partial charge >= 0.3 is 0 Å². The van der Waals surface area contributed by atoms with Gasteiger partial charge in [-0.15, -0.1) is 10.2 Å². The lowest BCUT2D eigenvalue weighted by Gasteiger charge is -2.00. The zero-order chi connectivity index (χ0) is 13.9. The van der Waals surface area contributed by atoms with Crippen LogP contribution < -0.4 is 5.32 Å². The van der Waals surface area contributed by atoms with Crippen molar-refractivity contribution in [2.45, 2.75) is 31.7 Å². The van der Waals surface area contributed by atoms with E-state index in [9.17, 15) is 0 Å². The van der Waals surface area contributed by atoms with Crippen molar-refractivity contribution < 1.29 is 0 Å². The Morgan fingerprint density at radius 1 is 1.35 bits per heavy atom. The maximum absolute atomic E-state index is 6.24. The Morgan fingerprint density at radius 3 is 2.95 bits per heavy atom. The van der Waals surface area contributed by atoms with Crippen LogP contribution in [0.2, 0.25) is 5.02 Å². The molecule has 1 heterocycles. The van der Waals surface area contributed by atoms with Gasteiger partial charge in [-0.1, -0.05) is 38.9 Å². The van der Waals surface area contributed by atoms with E-state index in [1.165, 1.54) is 12.8 Å². The highest BCUT2D eigenvalue weighted by atomic mass is 79.9. The summed E-state index contributed by atoms with van der Waals surface area (Å²) in [6, 6.07) is 6.62. The van der Waals surface area contributed by atoms with E-state index in [4.69, 9.17) is 11.6 Å². The molecule has 0 bridgehead atoms. The van der Waals surface area contributed by atoms with Crippen molar-refractivity contribution in [3.05, 3.63) is 32.7 Å². The SMILES string of the molecule is Clc1cc(Br)ccc1-c1nnc(CCCNC2CC2)s1. The zero-order valence-corrected chi connectivity index (χ0v) is 14.1. The topological polar surface area (TPSA) is 37.8 Å². The average molecular weight is 373 g/mol. The van der Waals surface area contributed by atoms with E-state index in [2.05, 4.69) is 31.4 Å². The van der Waals surface area contributed by atoms with Crippen molar-refractivity contribution in [3.8, 4) is 10.6 Å². The lowest BCUT2D eigenvalue weighted by atomic mass is 10.2. The third-order valence-electron chi connectivity index (χ3n) is 3.21. The van der Waals surface area contributed by atoms with Gasteiger partial charge in [-0.3, -0.25) is 0 Å². The number of hydrogen-bond donors (Lipinski definition) is 1. The molecule has 0 unspecified atom stereocenters. The van der Waals surface area contributed by atoms with E-state index in [0.29, 0.717) is 5.02 Å². The first-order valence-corrected chi connectivity index (χ1v) is 8.72. The van der Waals surface area contributed by atoms with Crippen LogP contribution in [0.3, 0.4) is 0 Å². The van der Waals surface area contributed by atoms with Crippen LogP contribution in [0.4, 0.5) is 0 Å². The van der Waals surface area contributed by atoms with Crippen molar-refractivity contribution in [3.63, 3.8) is 0 Å². The molecule has 1 fully saturated rings.